The van der Waals surface area contributed by atoms with Crippen molar-refractivity contribution in [2.75, 3.05) is 0 Å². The molecule has 8 aromatic carbocycles. The third kappa shape index (κ3) is 5.05. The van der Waals surface area contributed by atoms with E-state index in [2.05, 4.69) is 6.07 Å². The largest absolute Gasteiger partial charge is 0.416 e. The van der Waals surface area contributed by atoms with Crippen LogP contribution >= 0.6 is 0 Å². The molecule has 0 aliphatic carbocycles. The number of fused-ring (bicyclic) bond motifs is 4. The van der Waals surface area contributed by atoms with Gasteiger partial charge in [-0.1, -0.05) is 115 Å². The fourth-order valence-electron chi connectivity index (χ4n) is 6.82. The summed E-state index contributed by atoms with van der Waals surface area (Å²) < 4.78 is 85.3. The van der Waals surface area contributed by atoms with E-state index >= 15 is 0 Å². The summed E-state index contributed by atoms with van der Waals surface area (Å²) in [5, 5.41) is 5.21. The van der Waals surface area contributed by atoms with Crippen LogP contribution in [0.4, 0.5) is 26.3 Å². The second-order valence-corrected chi connectivity index (χ2v) is 11.9. The van der Waals surface area contributed by atoms with Gasteiger partial charge in [0.25, 0.3) is 0 Å². The molecule has 0 bridgehead atoms. The fraction of sp³-hybridized carbons (Fsp3) is 0.0476. The molecule has 8 rings (SSSR count). The summed E-state index contributed by atoms with van der Waals surface area (Å²) in [6.45, 7) is 0. The van der Waals surface area contributed by atoms with Gasteiger partial charge in [-0.15, -0.1) is 0 Å². The maximum atomic E-state index is 14.2. The van der Waals surface area contributed by atoms with Crippen LogP contribution in [0.25, 0.3) is 76.5 Å². The number of rotatable bonds is 3. The highest BCUT2D eigenvalue weighted by molar-refractivity contribution is 6.23. The molecule has 0 spiro atoms. The summed E-state index contributed by atoms with van der Waals surface area (Å²) in [6, 6.07) is 41.7. The molecule has 0 nitrogen and oxygen atoms in total. The van der Waals surface area contributed by atoms with Crippen LogP contribution in [0.1, 0.15) is 11.1 Å². The second kappa shape index (κ2) is 11.0. The minimum Gasteiger partial charge on any atom is -0.166 e. The van der Waals surface area contributed by atoms with E-state index in [1.54, 1.807) is 12.1 Å². The molecule has 0 amide bonds. The van der Waals surface area contributed by atoms with Gasteiger partial charge in [0.1, 0.15) is 0 Å². The Bertz CT molecular complexity index is 2440. The van der Waals surface area contributed by atoms with Crippen molar-refractivity contribution >= 4 is 43.1 Å². The summed E-state index contributed by atoms with van der Waals surface area (Å²) in [4.78, 5) is 0. The molecule has 0 aliphatic rings. The standard InChI is InChI=1S/C42H24F6/c43-41(44,45)31-18-20-35-37(23-31)40(34-11-5-9-27-7-3-4-10-33(27)34)38-24-32(42(46,47)48)19-21-36(38)39(35)28-15-12-26(13-16-28)30-17-14-25-6-1-2-8-29(25)22-30/h1-24H. The first-order valence-corrected chi connectivity index (χ1v) is 15.3. The van der Waals surface area contributed by atoms with Crippen molar-refractivity contribution in [1.29, 1.82) is 0 Å². The lowest BCUT2D eigenvalue weighted by molar-refractivity contribution is -0.138. The highest BCUT2D eigenvalue weighted by Crippen LogP contribution is 2.48. The van der Waals surface area contributed by atoms with Gasteiger partial charge in [0.15, 0.2) is 0 Å². The zero-order valence-corrected chi connectivity index (χ0v) is 25.1. The molecule has 0 heterocycles. The zero-order valence-electron chi connectivity index (χ0n) is 25.1. The molecule has 0 fully saturated rings. The molecule has 234 valence electrons. The van der Waals surface area contributed by atoms with Gasteiger partial charge < -0.3 is 0 Å². The Morgan fingerprint density at radius 2 is 0.833 bits per heavy atom. The predicted octanol–water partition coefficient (Wildman–Crippen LogP) is 13.3. The van der Waals surface area contributed by atoms with E-state index in [0.29, 0.717) is 33.0 Å². The highest BCUT2D eigenvalue weighted by Gasteiger charge is 2.33. The van der Waals surface area contributed by atoms with Gasteiger partial charge in [0.2, 0.25) is 0 Å². The first-order valence-electron chi connectivity index (χ1n) is 15.3. The Morgan fingerprint density at radius 1 is 0.312 bits per heavy atom. The van der Waals surface area contributed by atoms with Crippen LogP contribution in [-0.4, -0.2) is 0 Å². The van der Waals surface area contributed by atoms with Crippen molar-refractivity contribution in [2.45, 2.75) is 12.4 Å². The molecule has 48 heavy (non-hydrogen) atoms. The lowest BCUT2D eigenvalue weighted by Crippen LogP contribution is -2.06. The molecule has 0 saturated carbocycles. The molecular formula is C42H24F6. The van der Waals surface area contributed by atoms with E-state index in [1.165, 1.54) is 12.1 Å². The summed E-state index contributed by atoms with van der Waals surface area (Å²) in [6.07, 6.45) is -9.32. The molecule has 0 aliphatic heterocycles. The molecule has 0 aromatic heterocycles. The van der Waals surface area contributed by atoms with Gasteiger partial charge in [-0.3, -0.25) is 0 Å². The maximum absolute atomic E-state index is 14.2. The van der Waals surface area contributed by atoms with Gasteiger partial charge in [-0.2, -0.15) is 26.3 Å². The summed E-state index contributed by atoms with van der Waals surface area (Å²) in [7, 11) is 0. The lowest BCUT2D eigenvalue weighted by atomic mass is 9.83. The van der Waals surface area contributed by atoms with E-state index in [4.69, 9.17) is 0 Å². The van der Waals surface area contributed by atoms with E-state index in [0.717, 1.165) is 56.9 Å². The highest BCUT2D eigenvalue weighted by atomic mass is 19.4. The molecular weight excluding hydrogens is 618 g/mol. The maximum Gasteiger partial charge on any atom is 0.416 e. The predicted molar refractivity (Wildman–Crippen MR) is 183 cm³/mol. The van der Waals surface area contributed by atoms with Crippen molar-refractivity contribution in [1.82, 2.24) is 0 Å². The van der Waals surface area contributed by atoms with E-state index < -0.39 is 23.5 Å². The molecule has 6 heteroatoms. The smallest absolute Gasteiger partial charge is 0.166 e. The van der Waals surface area contributed by atoms with Gasteiger partial charge in [-0.05, 0) is 107 Å². The summed E-state index contributed by atoms with van der Waals surface area (Å²) >= 11 is 0. The first-order chi connectivity index (χ1) is 23.1. The summed E-state index contributed by atoms with van der Waals surface area (Å²) in [5.41, 5.74) is 2.30. The number of hydrogen-bond acceptors (Lipinski definition) is 0. The van der Waals surface area contributed by atoms with Gasteiger partial charge in [0.05, 0.1) is 11.1 Å². The van der Waals surface area contributed by atoms with Crippen LogP contribution in [0, 0.1) is 0 Å². The van der Waals surface area contributed by atoms with Crippen molar-refractivity contribution in [3.8, 4) is 33.4 Å². The average molecular weight is 643 g/mol. The average Bonchev–Trinajstić information content (AvgIpc) is 3.09. The normalized spacial score (nSPS) is 12.4. The number of hydrogen-bond donors (Lipinski definition) is 0. The third-order valence-electron chi connectivity index (χ3n) is 9.09. The van der Waals surface area contributed by atoms with E-state index in [9.17, 15) is 26.3 Å². The van der Waals surface area contributed by atoms with Crippen LogP contribution < -0.4 is 0 Å². The summed E-state index contributed by atoms with van der Waals surface area (Å²) in [5.74, 6) is 0. The Hall–Kier alpha value is -5.62. The second-order valence-electron chi connectivity index (χ2n) is 11.9. The quantitative estimate of drug-likeness (QED) is 0.133. The Balaban J connectivity index is 1.45. The minimum absolute atomic E-state index is 0.224. The van der Waals surface area contributed by atoms with Crippen molar-refractivity contribution in [2.24, 2.45) is 0 Å². The van der Waals surface area contributed by atoms with Crippen LogP contribution in [0.3, 0.4) is 0 Å². The zero-order chi connectivity index (χ0) is 33.2. The van der Waals surface area contributed by atoms with Crippen LogP contribution in [0.15, 0.2) is 146 Å². The van der Waals surface area contributed by atoms with Gasteiger partial charge >= 0.3 is 12.4 Å². The molecule has 0 atom stereocenters. The number of alkyl halides is 6. The molecule has 0 radical (unpaired) electrons. The van der Waals surface area contributed by atoms with Gasteiger partial charge in [0, 0.05) is 0 Å². The van der Waals surface area contributed by atoms with Crippen molar-refractivity contribution in [3.63, 3.8) is 0 Å². The fourth-order valence-corrected chi connectivity index (χ4v) is 6.82. The molecule has 0 saturated heterocycles. The number of halogens is 6. The molecule has 0 unspecified atom stereocenters. The number of benzene rings is 8. The van der Waals surface area contributed by atoms with Crippen LogP contribution in [-0.2, 0) is 12.4 Å². The Morgan fingerprint density at radius 3 is 1.46 bits per heavy atom. The van der Waals surface area contributed by atoms with E-state index in [1.807, 2.05) is 91.0 Å². The van der Waals surface area contributed by atoms with Crippen LogP contribution in [0.2, 0.25) is 0 Å². The topological polar surface area (TPSA) is 0 Å². The SMILES string of the molecule is FC(F)(F)c1ccc2c(-c3ccc(-c4ccc5ccccc5c4)cc3)c3ccc(C(F)(F)F)cc3c(-c3cccc4ccccc34)c2c1. The van der Waals surface area contributed by atoms with Gasteiger partial charge in [-0.25, -0.2) is 0 Å². The Labute approximate surface area is 271 Å². The lowest BCUT2D eigenvalue weighted by Gasteiger charge is -2.21. The first kappa shape index (κ1) is 29.8. The monoisotopic (exact) mass is 642 g/mol. The molecule has 0 N–H and O–H groups in total. The van der Waals surface area contributed by atoms with Crippen LogP contribution in [0.5, 0.6) is 0 Å². The molecule has 8 aromatic rings. The van der Waals surface area contributed by atoms with Crippen molar-refractivity contribution in [3.05, 3.63) is 157 Å². The third-order valence-corrected chi connectivity index (χ3v) is 9.09. The Kier molecular flexibility index (Phi) is 6.81. The minimum atomic E-state index is -4.66. The van der Waals surface area contributed by atoms with Crippen molar-refractivity contribution < 1.29 is 26.3 Å². The van der Waals surface area contributed by atoms with E-state index in [-0.39, 0.29) is 10.8 Å².